The van der Waals surface area contributed by atoms with Crippen LogP contribution in [0.25, 0.3) is 0 Å². The summed E-state index contributed by atoms with van der Waals surface area (Å²) >= 11 is 0. The van der Waals surface area contributed by atoms with Crippen molar-refractivity contribution in [1.82, 2.24) is 19.7 Å². The van der Waals surface area contributed by atoms with Crippen LogP contribution in [0.3, 0.4) is 0 Å². The van der Waals surface area contributed by atoms with Crippen LogP contribution >= 0.6 is 0 Å². The Bertz CT molecular complexity index is 570. The van der Waals surface area contributed by atoms with Crippen molar-refractivity contribution in [3.63, 3.8) is 0 Å². The molecule has 1 aliphatic rings. The molecular formula is C15H21N5O. The molecule has 2 aromatic heterocycles. The van der Waals surface area contributed by atoms with Gasteiger partial charge in [-0.15, -0.1) is 0 Å². The van der Waals surface area contributed by atoms with Gasteiger partial charge in [0.2, 0.25) is 0 Å². The average molecular weight is 287 g/mol. The first-order valence-electron chi connectivity index (χ1n) is 7.32. The molecule has 0 aliphatic carbocycles. The van der Waals surface area contributed by atoms with Crippen molar-refractivity contribution in [3.05, 3.63) is 42.5 Å². The van der Waals surface area contributed by atoms with Crippen molar-refractivity contribution < 1.29 is 5.11 Å². The molecule has 3 heterocycles. The van der Waals surface area contributed by atoms with Gasteiger partial charge in [-0.1, -0.05) is 6.07 Å². The van der Waals surface area contributed by atoms with Crippen LogP contribution in [-0.4, -0.2) is 44.0 Å². The Kier molecular flexibility index (Phi) is 4.17. The van der Waals surface area contributed by atoms with E-state index in [0.717, 1.165) is 19.4 Å². The number of β-amino-alcohol motifs (C(OH)–C–C–N with tert-alkyl or cyclic N) is 1. The third-order valence-electron chi connectivity index (χ3n) is 3.93. The molecule has 3 rings (SSSR count). The number of aromatic nitrogens is 3. The molecule has 0 amide bonds. The van der Waals surface area contributed by atoms with E-state index in [1.54, 1.807) is 23.3 Å². The molecule has 1 aliphatic heterocycles. The van der Waals surface area contributed by atoms with Crippen molar-refractivity contribution in [2.24, 2.45) is 0 Å². The number of nitrogens with two attached hydrogens (primary N) is 1. The second-order valence-corrected chi connectivity index (χ2v) is 5.59. The lowest BCUT2D eigenvalue weighted by atomic mass is 10.1. The Hall–Kier alpha value is -1.92. The molecule has 6 heteroatoms. The van der Waals surface area contributed by atoms with Gasteiger partial charge in [-0.25, -0.2) is 0 Å². The second kappa shape index (κ2) is 6.24. The zero-order valence-corrected chi connectivity index (χ0v) is 12.0. The zero-order chi connectivity index (χ0) is 14.7. The van der Waals surface area contributed by atoms with E-state index >= 15 is 0 Å². The molecule has 3 N–H and O–H groups in total. The van der Waals surface area contributed by atoms with E-state index in [0.29, 0.717) is 24.8 Å². The number of anilines is 1. The molecule has 0 saturated carbocycles. The van der Waals surface area contributed by atoms with Gasteiger partial charge in [0.05, 0.1) is 24.5 Å². The van der Waals surface area contributed by atoms with Crippen LogP contribution in [-0.2, 0) is 6.54 Å². The SMILES string of the molecule is Nc1cnn(CC(O)CN2CCCC2c2cccnc2)c1. The Labute approximate surface area is 124 Å². The summed E-state index contributed by atoms with van der Waals surface area (Å²) in [5.74, 6) is 0. The number of pyridine rings is 1. The molecular weight excluding hydrogens is 266 g/mol. The van der Waals surface area contributed by atoms with Crippen molar-refractivity contribution in [3.8, 4) is 0 Å². The number of rotatable bonds is 5. The lowest BCUT2D eigenvalue weighted by molar-refractivity contribution is 0.0890. The highest BCUT2D eigenvalue weighted by atomic mass is 16.3. The highest BCUT2D eigenvalue weighted by Crippen LogP contribution is 2.31. The fourth-order valence-electron chi connectivity index (χ4n) is 3.02. The van der Waals surface area contributed by atoms with Gasteiger partial charge in [-0.2, -0.15) is 5.10 Å². The smallest absolute Gasteiger partial charge is 0.0862 e. The third kappa shape index (κ3) is 3.40. The predicted molar refractivity (Wildman–Crippen MR) is 80.4 cm³/mol. The molecule has 1 fully saturated rings. The second-order valence-electron chi connectivity index (χ2n) is 5.59. The number of aliphatic hydroxyl groups is 1. The number of nitrogen functional groups attached to an aromatic ring is 1. The lowest BCUT2D eigenvalue weighted by Gasteiger charge is -2.26. The Balaban J connectivity index is 1.61. The fourth-order valence-corrected chi connectivity index (χ4v) is 3.02. The molecule has 0 spiro atoms. The van der Waals surface area contributed by atoms with Crippen LogP contribution < -0.4 is 5.73 Å². The molecule has 0 bridgehead atoms. The van der Waals surface area contributed by atoms with Crippen molar-refractivity contribution in [2.45, 2.75) is 31.5 Å². The van der Waals surface area contributed by atoms with E-state index in [9.17, 15) is 5.11 Å². The Morgan fingerprint density at radius 2 is 2.29 bits per heavy atom. The van der Waals surface area contributed by atoms with Crippen LogP contribution in [0.2, 0.25) is 0 Å². The lowest BCUT2D eigenvalue weighted by Crippen LogP contribution is -2.34. The Morgan fingerprint density at radius 1 is 1.38 bits per heavy atom. The minimum absolute atomic E-state index is 0.357. The summed E-state index contributed by atoms with van der Waals surface area (Å²) in [5.41, 5.74) is 7.48. The predicted octanol–water partition coefficient (Wildman–Crippen LogP) is 1.06. The number of likely N-dealkylation sites (tertiary alicyclic amines) is 1. The molecule has 112 valence electrons. The Morgan fingerprint density at radius 3 is 3.00 bits per heavy atom. The fraction of sp³-hybridized carbons (Fsp3) is 0.467. The third-order valence-corrected chi connectivity index (χ3v) is 3.93. The number of nitrogens with zero attached hydrogens (tertiary/aromatic N) is 4. The summed E-state index contributed by atoms with van der Waals surface area (Å²) in [5, 5.41) is 14.4. The van der Waals surface area contributed by atoms with Crippen LogP contribution in [0.5, 0.6) is 0 Å². The van der Waals surface area contributed by atoms with Crippen LogP contribution in [0.1, 0.15) is 24.4 Å². The van der Waals surface area contributed by atoms with Crippen LogP contribution in [0.15, 0.2) is 36.9 Å². The number of aliphatic hydroxyl groups excluding tert-OH is 1. The van der Waals surface area contributed by atoms with Gasteiger partial charge in [-0.05, 0) is 31.0 Å². The molecule has 21 heavy (non-hydrogen) atoms. The summed E-state index contributed by atoms with van der Waals surface area (Å²) in [7, 11) is 0. The molecule has 0 radical (unpaired) electrons. The van der Waals surface area contributed by atoms with E-state index in [4.69, 9.17) is 5.73 Å². The minimum Gasteiger partial charge on any atom is -0.396 e. The summed E-state index contributed by atoms with van der Waals surface area (Å²) in [6, 6.07) is 4.43. The quantitative estimate of drug-likeness (QED) is 0.859. The van der Waals surface area contributed by atoms with E-state index < -0.39 is 6.10 Å². The van der Waals surface area contributed by atoms with E-state index in [-0.39, 0.29) is 0 Å². The van der Waals surface area contributed by atoms with Crippen LogP contribution in [0, 0.1) is 0 Å². The minimum atomic E-state index is -0.457. The molecule has 1 saturated heterocycles. The highest BCUT2D eigenvalue weighted by Gasteiger charge is 2.27. The first-order chi connectivity index (χ1) is 10.2. The summed E-state index contributed by atoms with van der Waals surface area (Å²) in [6.07, 6.45) is 8.87. The van der Waals surface area contributed by atoms with Gasteiger partial charge < -0.3 is 10.8 Å². The van der Waals surface area contributed by atoms with Crippen LogP contribution in [0.4, 0.5) is 5.69 Å². The molecule has 2 atom stereocenters. The largest absolute Gasteiger partial charge is 0.396 e. The number of hydrogen-bond donors (Lipinski definition) is 2. The first kappa shape index (κ1) is 14.0. The molecule has 0 aromatic carbocycles. The van der Waals surface area contributed by atoms with Gasteiger partial charge in [0.1, 0.15) is 0 Å². The zero-order valence-electron chi connectivity index (χ0n) is 12.0. The summed E-state index contributed by atoms with van der Waals surface area (Å²) in [6.45, 7) is 2.12. The van der Waals surface area contributed by atoms with Crippen molar-refractivity contribution in [1.29, 1.82) is 0 Å². The maximum atomic E-state index is 10.3. The van der Waals surface area contributed by atoms with E-state index in [1.165, 1.54) is 5.56 Å². The molecule has 2 unspecified atom stereocenters. The highest BCUT2D eigenvalue weighted by molar-refractivity contribution is 5.30. The maximum absolute atomic E-state index is 10.3. The van der Waals surface area contributed by atoms with Gasteiger partial charge >= 0.3 is 0 Å². The van der Waals surface area contributed by atoms with Crippen molar-refractivity contribution >= 4 is 5.69 Å². The average Bonchev–Trinajstić information content (AvgIpc) is 3.09. The van der Waals surface area contributed by atoms with E-state index in [2.05, 4.69) is 21.0 Å². The summed E-state index contributed by atoms with van der Waals surface area (Å²) < 4.78 is 1.69. The monoisotopic (exact) mass is 287 g/mol. The van der Waals surface area contributed by atoms with E-state index in [1.807, 2.05) is 12.3 Å². The maximum Gasteiger partial charge on any atom is 0.0862 e. The van der Waals surface area contributed by atoms with Gasteiger partial charge in [-0.3, -0.25) is 14.6 Å². The molecule has 2 aromatic rings. The normalized spacial score (nSPS) is 20.7. The molecule has 6 nitrogen and oxygen atoms in total. The van der Waals surface area contributed by atoms with Gasteiger partial charge in [0.25, 0.3) is 0 Å². The van der Waals surface area contributed by atoms with Gasteiger partial charge in [0, 0.05) is 31.2 Å². The van der Waals surface area contributed by atoms with Gasteiger partial charge in [0.15, 0.2) is 0 Å². The topological polar surface area (TPSA) is 80.2 Å². The first-order valence-corrected chi connectivity index (χ1v) is 7.32. The number of hydrogen-bond acceptors (Lipinski definition) is 5. The standard InChI is InChI=1S/C15H21N5O/c16-13-8-18-20(9-13)11-14(21)10-19-6-2-4-15(19)12-3-1-5-17-7-12/h1,3,5,7-9,14-15,21H,2,4,6,10-11,16H2. The summed E-state index contributed by atoms with van der Waals surface area (Å²) in [4.78, 5) is 6.52. The van der Waals surface area contributed by atoms with Crippen molar-refractivity contribution in [2.75, 3.05) is 18.8 Å².